The van der Waals surface area contributed by atoms with Crippen LogP contribution < -0.4 is 4.74 Å². The van der Waals surface area contributed by atoms with E-state index in [9.17, 15) is 0 Å². The summed E-state index contributed by atoms with van der Waals surface area (Å²) in [5.41, 5.74) is 1.46. The highest BCUT2D eigenvalue weighted by Gasteiger charge is 2.18. The zero-order chi connectivity index (χ0) is 11.4. The summed E-state index contributed by atoms with van der Waals surface area (Å²) in [6.45, 7) is 2.38. The second-order valence-corrected chi connectivity index (χ2v) is 5.18. The van der Waals surface area contributed by atoms with Crippen molar-refractivity contribution in [3.05, 3.63) is 29.8 Å². The summed E-state index contributed by atoms with van der Waals surface area (Å²) in [7, 11) is 1.72. The van der Waals surface area contributed by atoms with E-state index < -0.39 is 0 Å². The highest BCUT2D eigenvalue weighted by atomic mass is 16.5. The van der Waals surface area contributed by atoms with Crippen molar-refractivity contribution in [3.63, 3.8) is 0 Å². The van der Waals surface area contributed by atoms with Crippen molar-refractivity contribution < 1.29 is 4.74 Å². The first-order valence-electron chi connectivity index (χ1n) is 6.41. The van der Waals surface area contributed by atoms with Gasteiger partial charge in [0.05, 0.1) is 7.11 Å². The van der Waals surface area contributed by atoms with Gasteiger partial charge in [0.2, 0.25) is 0 Å². The molecular weight excluding hydrogens is 196 g/mol. The Balaban J connectivity index is 1.88. The molecule has 16 heavy (non-hydrogen) atoms. The van der Waals surface area contributed by atoms with E-state index in [1.54, 1.807) is 7.11 Å². The van der Waals surface area contributed by atoms with Crippen LogP contribution in [0.2, 0.25) is 0 Å². The first-order valence-corrected chi connectivity index (χ1v) is 6.41. The van der Waals surface area contributed by atoms with Gasteiger partial charge in [0, 0.05) is 0 Å². The van der Waals surface area contributed by atoms with E-state index in [0.29, 0.717) is 0 Å². The summed E-state index contributed by atoms with van der Waals surface area (Å²) in [5, 5.41) is 0. The van der Waals surface area contributed by atoms with Crippen LogP contribution in [0, 0.1) is 11.8 Å². The lowest BCUT2D eigenvalue weighted by Crippen LogP contribution is -2.14. The largest absolute Gasteiger partial charge is 0.497 e. The van der Waals surface area contributed by atoms with Gasteiger partial charge in [-0.3, -0.25) is 0 Å². The molecule has 1 aromatic carbocycles. The molecule has 0 unspecified atom stereocenters. The zero-order valence-electron chi connectivity index (χ0n) is 10.4. The van der Waals surface area contributed by atoms with E-state index in [1.165, 1.54) is 37.7 Å². The standard InChI is InChI=1S/C15H22O/c1-12-3-5-13(6-4-12)11-14-7-9-15(16-2)10-8-14/h7-10,12-13H,3-6,11H2,1-2H3. The molecule has 1 nitrogen and oxygen atoms in total. The Kier molecular flexibility index (Phi) is 3.87. The molecular formula is C15H22O. The maximum absolute atomic E-state index is 5.17. The van der Waals surface area contributed by atoms with Crippen LogP contribution in [0.4, 0.5) is 0 Å². The van der Waals surface area contributed by atoms with E-state index in [0.717, 1.165) is 17.6 Å². The molecule has 1 fully saturated rings. The molecule has 1 aliphatic rings. The summed E-state index contributed by atoms with van der Waals surface area (Å²) < 4.78 is 5.17. The average molecular weight is 218 g/mol. The number of methoxy groups -OCH3 is 1. The summed E-state index contributed by atoms with van der Waals surface area (Å²) in [6.07, 6.45) is 6.90. The third kappa shape index (κ3) is 3.01. The highest BCUT2D eigenvalue weighted by molar-refractivity contribution is 5.27. The van der Waals surface area contributed by atoms with Crippen molar-refractivity contribution in [3.8, 4) is 5.75 Å². The fourth-order valence-corrected chi connectivity index (χ4v) is 2.63. The maximum Gasteiger partial charge on any atom is 0.118 e. The Morgan fingerprint density at radius 2 is 1.69 bits per heavy atom. The van der Waals surface area contributed by atoms with Gasteiger partial charge in [-0.1, -0.05) is 31.9 Å². The Bertz CT molecular complexity index is 307. The number of rotatable bonds is 3. The minimum Gasteiger partial charge on any atom is -0.497 e. The summed E-state index contributed by atoms with van der Waals surface area (Å²) >= 11 is 0. The third-order valence-corrected chi connectivity index (χ3v) is 3.82. The molecule has 0 spiro atoms. The Morgan fingerprint density at radius 1 is 1.06 bits per heavy atom. The molecule has 1 aliphatic carbocycles. The molecule has 0 saturated heterocycles. The third-order valence-electron chi connectivity index (χ3n) is 3.82. The topological polar surface area (TPSA) is 9.23 Å². The van der Waals surface area contributed by atoms with Gasteiger partial charge in [0.1, 0.15) is 5.75 Å². The van der Waals surface area contributed by atoms with Gasteiger partial charge in [-0.05, 0) is 48.8 Å². The van der Waals surface area contributed by atoms with Crippen LogP contribution in [0.25, 0.3) is 0 Å². The van der Waals surface area contributed by atoms with Gasteiger partial charge in [0.25, 0.3) is 0 Å². The molecule has 1 heteroatoms. The van der Waals surface area contributed by atoms with Crippen LogP contribution in [0.1, 0.15) is 38.2 Å². The van der Waals surface area contributed by atoms with Gasteiger partial charge >= 0.3 is 0 Å². The van der Waals surface area contributed by atoms with Crippen molar-refractivity contribution in [2.45, 2.75) is 39.0 Å². The molecule has 0 atom stereocenters. The van der Waals surface area contributed by atoms with Crippen LogP contribution in [0.3, 0.4) is 0 Å². The molecule has 1 saturated carbocycles. The van der Waals surface area contributed by atoms with Gasteiger partial charge in [-0.2, -0.15) is 0 Å². The second kappa shape index (κ2) is 5.38. The Hall–Kier alpha value is -0.980. The van der Waals surface area contributed by atoms with E-state index in [-0.39, 0.29) is 0 Å². The molecule has 0 radical (unpaired) electrons. The van der Waals surface area contributed by atoms with Crippen molar-refractivity contribution in [2.75, 3.05) is 7.11 Å². The SMILES string of the molecule is COc1ccc(CC2CCC(C)CC2)cc1. The molecule has 0 heterocycles. The Labute approximate surface area is 98.8 Å². The van der Waals surface area contributed by atoms with Crippen molar-refractivity contribution >= 4 is 0 Å². The average Bonchev–Trinajstić information content (AvgIpc) is 2.33. The lowest BCUT2D eigenvalue weighted by atomic mass is 9.80. The number of hydrogen-bond acceptors (Lipinski definition) is 1. The molecule has 0 bridgehead atoms. The predicted molar refractivity (Wildman–Crippen MR) is 67.8 cm³/mol. The van der Waals surface area contributed by atoms with E-state index in [4.69, 9.17) is 4.74 Å². The molecule has 88 valence electrons. The van der Waals surface area contributed by atoms with Crippen LogP contribution in [-0.4, -0.2) is 7.11 Å². The maximum atomic E-state index is 5.17. The molecule has 0 aromatic heterocycles. The second-order valence-electron chi connectivity index (χ2n) is 5.18. The minimum absolute atomic E-state index is 0.907. The number of ether oxygens (including phenoxy) is 1. The normalized spacial score (nSPS) is 25.4. The van der Waals surface area contributed by atoms with Crippen molar-refractivity contribution in [1.82, 2.24) is 0 Å². The molecule has 1 aromatic rings. The highest BCUT2D eigenvalue weighted by Crippen LogP contribution is 2.30. The lowest BCUT2D eigenvalue weighted by Gasteiger charge is -2.26. The fourth-order valence-electron chi connectivity index (χ4n) is 2.63. The predicted octanol–water partition coefficient (Wildman–Crippen LogP) is 4.06. The van der Waals surface area contributed by atoms with Crippen LogP contribution in [0.15, 0.2) is 24.3 Å². The van der Waals surface area contributed by atoms with E-state index in [2.05, 4.69) is 31.2 Å². The minimum atomic E-state index is 0.907. The fraction of sp³-hybridized carbons (Fsp3) is 0.600. The van der Waals surface area contributed by atoms with E-state index in [1.807, 2.05) is 0 Å². The van der Waals surface area contributed by atoms with Crippen LogP contribution in [-0.2, 0) is 6.42 Å². The lowest BCUT2D eigenvalue weighted by molar-refractivity contribution is 0.289. The van der Waals surface area contributed by atoms with Gasteiger partial charge in [-0.15, -0.1) is 0 Å². The van der Waals surface area contributed by atoms with E-state index >= 15 is 0 Å². The smallest absolute Gasteiger partial charge is 0.118 e. The van der Waals surface area contributed by atoms with Gasteiger partial charge < -0.3 is 4.74 Å². The van der Waals surface area contributed by atoms with Gasteiger partial charge in [-0.25, -0.2) is 0 Å². The monoisotopic (exact) mass is 218 g/mol. The first-order chi connectivity index (χ1) is 7.78. The number of benzene rings is 1. The van der Waals surface area contributed by atoms with Crippen molar-refractivity contribution in [2.24, 2.45) is 11.8 Å². The number of hydrogen-bond donors (Lipinski definition) is 0. The van der Waals surface area contributed by atoms with Gasteiger partial charge in [0.15, 0.2) is 0 Å². The van der Waals surface area contributed by atoms with Crippen LogP contribution in [0.5, 0.6) is 5.75 Å². The Morgan fingerprint density at radius 3 is 2.25 bits per heavy atom. The molecule has 0 amide bonds. The van der Waals surface area contributed by atoms with Crippen LogP contribution >= 0.6 is 0 Å². The molecule has 0 N–H and O–H groups in total. The van der Waals surface area contributed by atoms with Crippen molar-refractivity contribution in [1.29, 1.82) is 0 Å². The first kappa shape index (κ1) is 11.5. The quantitative estimate of drug-likeness (QED) is 0.743. The summed E-state index contributed by atoms with van der Waals surface area (Å²) in [5.74, 6) is 2.82. The summed E-state index contributed by atoms with van der Waals surface area (Å²) in [6, 6.07) is 8.55. The zero-order valence-corrected chi connectivity index (χ0v) is 10.4. The molecule has 2 rings (SSSR count). The summed E-state index contributed by atoms with van der Waals surface area (Å²) in [4.78, 5) is 0. The molecule has 0 aliphatic heterocycles.